The Kier molecular flexibility index (Phi) is 8.79. The van der Waals surface area contributed by atoms with Crippen LogP contribution in [0.4, 0.5) is 13.2 Å². The van der Waals surface area contributed by atoms with Gasteiger partial charge in [0, 0.05) is 7.11 Å². The van der Waals surface area contributed by atoms with Crippen LogP contribution in [-0.4, -0.2) is 34.5 Å². The van der Waals surface area contributed by atoms with Gasteiger partial charge < -0.3 is 14.2 Å². The van der Waals surface area contributed by atoms with E-state index < -0.39 is 18.6 Å². The Balaban J connectivity index is 3.11. The van der Waals surface area contributed by atoms with E-state index in [4.69, 9.17) is 9.47 Å². The lowest BCUT2D eigenvalue weighted by atomic mass is 9.92. The molecule has 0 aliphatic heterocycles. The second kappa shape index (κ2) is 10.1. The van der Waals surface area contributed by atoms with Crippen LogP contribution in [0, 0.1) is 0 Å². The maximum Gasteiger partial charge on any atom is 0.421 e. The molecule has 3 nitrogen and oxygen atoms in total. The summed E-state index contributed by atoms with van der Waals surface area (Å²) in [6.07, 6.45) is -0.00572. The van der Waals surface area contributed by atoms with E-state index in [9.17, 15) is 13.2 Å². The van der Waals surface area contributed by atoms with Crippen molar-refractivity contribution >= 4 is 7.85 Å². The van der Waals surface area contributed by atoms with Gasteiger partial charge in [0.1, 0.15) is 20.4 Å². The number of ether oxygens (including phenoxy) is 3. The molecule has 7 heteroatoms. The lowest BCUT2D eigenvalue weighted by molar-refractivity contribution is -0.296. The Bertz CT molecular complexity index is 523. The first-order valence-corrected chi connectivity index (χ1v) is 8.76. The van der Waals surface area contributed by atoms with E-state index >= 15 is 0 Å². The molecular formula is C18H28BF3O3. The zero-order valence-electron chi connectivity index (χ0n) is 15.5. The highest BCUT2D eigenvalue weighted by atomic mass is 19.4. The van der Waals surface area contributed by atoms with E-state index in [0.717, 1.165) is 38.1 Å². The molecule has 0 aliphatic carbocycles. The molecule has 1 rings (SSSR count). The predicted molar refractivity (Wildman–Crippen MR) is 94.9 cm³/mol. The van der Waals surface area contributed by atoms with Crippen molar-refractivity contribution in [3.8, 4) is 5.75 Å². The molecule has 0 N–H and O–H groups in total. The molecule has 1 aromatic rings. The largest absolute Gasteiger partial charge is 0.493 e. The average molecular weight is 360 g/mol. The van der Waals surface area contributed by atoms with Gasteiger partial charge in [0.05, 0.1) is 6.61 Å². The van der Waals surface area contributed by atoms with Crippen molar-refractivity contribution < 1.29 is 27.4 Å². The van der Waals surface area contributed by atoms with Crippen molar-refractivity contribution in [1.29, 1.82) is 0 Å². The van der Waals surface area contributed by atoms with Crippen molar-refractivity contribution in [1.82, 2.24) is 0 Å². The number of hydrogen-bond donors (Lipinski definition) is 0. The molecule has 1 atom stereocenters. The fourth-order valence-corrected chi connectivity index (χ4v) is 2.52. The highest BCUT2D eigenvalue weighted by Crippen LogP contribution is 2.43. The first-order chi connectivity index (χ1) is 11.8. The van der Waals surface area contributed by atoms with Crippen molar-refractivity contribution in [2.75, 3.05) is 20.5 Å². The van der Waals surface area contributed by atoms with Crippen molar-refractivity contribution in [2.24, 2.45) is 0 Å². The molecule has 0 saturated carbocycles. The van der Waals surface area contributed by atoms with Gasteiger partial charge in [-0.1, -0.05) is 32.2 Å². The summed E-state index contributed by atoms with van der Waals surface area (Å²) in [5.41, 5.74) is -1.60. The summed E-state index contributed by atoms with van der Waals surface area (Å²) in [4.78, 5) is 0. The third-order valence-corrected chi connectivity index (χ3v) is 4.14. The summed E-state index contributed by atoms with van der Waals surface area (Å²) in [5.74, 6) is 0.651. The first-order valence-electron chi connectivity index (χ1n) is 8.76. The average Bonchev–Trinajstić information content (AvgIpc) is 2.56. The molecule has 0 spiro atoms. The van der Waals surface area contributed by atoms with Gasteiger partial charge in [-0.05, 0) is 43.0 Å². The Morgan fingerprint density at radius 1 is 1.16 bits per heavy atom. The maximum atomic E-state index is 13.6. The van der Waals surface area contributed by atoms with Crippen molar-refractivity contribution in [3.05, 3.63) is 29.3 Å². The fourth-order valence-electron chi connectivity index (χ4n) is 2.52. The number of methoxy groups -OCH3 is 1. The predicted octanol–water partition coefficient (Wildman–Crippen LogP) is 4.25. The van der Waals surface area contributed by atoms with Crippen LogP contribution in [0.5, 0.6) is 5.75 Å². The molecule has 0 aliphatic rings. The number of benzene rings is 1. The maximum absolute atomic E-state index is 13.6. The summed E-state index contributed by atoms with van der Waals surface area (Å²) in [6, 6.07) is 4.59. The van der Waals surface area contributed by atoms with E-state index in [-0.39, 0.29) is 5.56 Å². The fraction of sp³-hybridized carbons (Fsp3) is 0.667. The number of alkyl halides is 3. The Morgan fingerprint density at radius 3 is 2.44 bits per heavy atom. The van der Waals surface area contributed by atoms with Gasteiger partial charge in [-0.2, -0.15) is 13.2 Å². The third-order valence-electron chi connectivity index (χ3n) is 4.14. The van der Waals surface area contributed by atoms with Crippen LogP contribution in [0.2, 0.25) is 6.32 Å². The van der Waals surface area contributed by atoms with E-state index in [1.54, 1.807) is 12.1 Å². The highest BCUT2D eigenvalue weighted by Gasteiger charge is 2.54. The molecule has 0 saturated heterocycles. The van der Waals surface area contributed by atoms with Gasteiger partial charge in [0.15, 0.2) is 5.60 Å². The van der Waals surface area contributed by atoms with Gasteiger partial charge in [0.25, 0.3) is 0 Å². The second-order valence-corrected chi connectivity index (χ2v) is 6.21. The number of rotatable bonds is 11. The second-order valence-electron chi connectivity index (χ2n) is 6.21. The summed E-state index contributed by atoms with van der Waals surface area (Å²) in [5, 5.41) is 0. The molecule has 1 aromatic carbocycles. The van der Waals surface area contributed by atoms with Gasteiger partial charge in [-0.25, -0.2) is 0 Å². The summed E-state index contributed by atoms with van der Waals surface area (Å²) in [7, 11) is 3.40. The first kappa shape index (κ1) is 21.8. The Morgan fingerprint density at radius 2 is 1.88 bits per heavy atom. The molecule has 1 unspecified atom stereocenters. The SMILES string of the molecule is BCCCCOc1ccc(C(C)(OCOC)C(F)(F)F)cc1CCC. The number of hydrogen-bond acceptors (Lipinski definition) is 3. The van der Waals surface area contributed by atoms with Crippen molar-refractivity contribution in [3.63, 3.8) is 0 Å². The van der Waals surface area contributed by atoms with Crippen LogP contribution in [0.15, 0.2) is 18.2 Å². The smallest absolute Gasteiger partial charge is 0.421 e. The molecule has 0 radical (unpaired) electrons. The number of aryl methyl sites for hydroxylation is 1. The minimum absolute atomic E-state index is 0.0569. The summed E-state index contributed by atoms with van der Waals surface area (Å²) < 4.78 is 56.3. The van der Waals surface area contributed by atoms with Crippen LogP contribution >= 0.6 is 0 Å². The molecule has 0 aromatic heterocycles. The van der Waals surface area contributed by atoms with E-state index in [2.05, 4.69) is 12.6 Å². The van der Waals surface area contributed by atoms with Crippen molar-refractivity contribution in [2.45, 2.75) is 57.6 Å². The third kappa shape index (κ3) is 5.92. The lowest BCUT2D eigenvalue weighted by Crippen LogP contribution is -2.42. The Hall–Kier alpha value is -1.21. The molecular weight excluding hydrogens is 332 g/mol. The zero-order chi connectivity index (χ0) is 18.9. The molecule has 0 fully saturated rings. The van der Waals surface area contributed by atoms with Gasteiger partial charge in [-0.15, -0.1) is 0 Å². The highest BCUT2D eigenvalue weighted by molar-refractivity contribution is 6.08. The van der Waals surface area contributed by atoms with Crippen LogP contribution in [-0.2, 0) is 21.5 Å². The summed E-state index contributed by atoms with van der Waals surface area (Å²) >= 11 is 0. The molecule has 0 amide bonds. The molecule has 0 bridgehead atoms. The number of halogens is 3. The van der Waals surface area contributed by atoms with E-state index in [0.29, 0.717) is 18.8 Å². The minimum Gasteiger partial charge on any atom is -0.493 e. The lowest BCUT2D eigenvalue weighted by Gasteiger charge is -2.32. The van der Waals surface area contributed by atoms with Crippen LogP contribution in [0.25, 0.3) is 0 Å². The Labute approximate surface area is 149 Å². The number of unbranched alkanes of at least 4 members (excludes halogenated alkanes) is 1. The van der Waals surface area contributed by atoms with Gasteiger partial charge in [0.2, 0.25) is 0 Å². The monoisotopic (exact) mass is 360 g/mol. The minimum atomic E-state index is -4.56. The van der Waals surface area contributed by atoms with Gasteiger partial charge in [-0.3, -0.25) is 0 Å². The van der Waals surface area contributed by atoms with Gasteiger partial charge >= 0.3 is 6.18 Å². The molecule has 0 heterocycles. The van der Waals surface area contributed by atoms with E-state index in [1.807, 2.05) is 6.92 Å². The molecule has 25 heavy (non-hydrogen) atoms. The summed E-state index contributed by atoms with van der Waals surface area (Å²) in [6.45, 7) is 3.14. The van der Waals surface area contributed by atoms with Crippen LogP contribution < -0.4 is 4.74 Å². The van der Waals surface area contributed by atoms with E-state index in [1.165, 1.54) is 13.2 Å². The van der Waals surface area contributed by atoms with Crippen LogP contribution in [0.1, 0.15) is 44.2 Å². The van der Waals surface area contributed by atoms with Crippen LogP contribution in [0.3, 0.4) is 0 Å². The zero-order valence-corrected chi connectivity index (χ0v) is 15.5. The molecule has 142 valence electrons. The topological polar surface area (TPSA) is 27.7 Å². The standard InChI is InChI=1S/C18H28BF3O3/c1-4-7-14-12-15(8-9-16(14)24-11-6-5-10-19)17(2,18(20,21)22)25-13-23-3/h8-9,12H,4-7,10-11,13,19H2,1-3H3. The quantitative estimate of drug-likeness (QED) is 0.336. The normalized spacial score (nSPS) is 14.3.